The highest BCUT2D eigenvalue weighted by atomic mass is 35.5. The fraction of sp³-hybridized carbons (Fsp3) is 0.353. The van der Waals surface area contributed by atoms with Gasteiger partial charge in [0.2, 0.25) is 5.91 Å². The van der Waals surface area contributed by atoms with Crippen molar-refractivity contribution in [2.75, 3.05) is 25.0 Å². The summed E-state index contributed by atoms with van der Waals surface area (Å²) in [7, 11) is 0. The minimum atomic E-state index is -0.671. The number of halogens is 1. The number of pyridine rings is 1. The summed E-state index contributed by atoms with van der Waals surface area (Å²) < 4.78 is 7.69. The highest BCUT2D eigenvalue weighted by molar-refractivity contribution is 6.30. The van der Waals surface area contributed by atoms with Crippen LogP contribution in [0.5, 0.6) is 0 Å². The van der Waals surface area contributed by atoms with Crippen LogP contribution >= 0.6 is 11.6 Å². The Morgan fingerprint density at radius 2 is 1.86 bits per heavy atom. The summed E-state index contributed by atoms with van der Waals surface area (Å²) in [5, 5.41) is 3.84. The van der Waals surface area contributed by atoms with Gasteiger partial charge in [-0.25, -0.2) is 9.78 Å². The Balaban J connectivity index is 1.35. The van der Waals surface area contributed by atoms with Gasteiger partial charge >= 0.3 is 6.09 Å². The molecule has 10 heteroatoms. The van der Waals surface area contributed by atoms with Gasteiger partial charge in [-0.3, -0.25) is 14.7 Å². The second kappa shape index (κ2) is 12.4. The fourth-order valence-corrected chi connectivity index (χ4v) is 6.31. The van der Waals surface area contributed by atoms with Gasteiger partial charge in [-0.1, -0.05) is 35.9 Å². The number of nitrogens with one attached hydrogen (secondary N) is 1. The molecule has 4 aromatic rings. The van der Waals surface area contributed by atoms with Crippen LogP contribution in [0.2, 0.25) is 5.02 Å². The largest absolute Gasteiger partial charge is 0.444 e. The SMILES string of the molecule is CC(C)(C)OC(=O)N1CCN([C@@H]2c3ccc(Cl)cc3CCc3cccnc32)[C@H](C(=O)Nc2cccc(Cn3ccnc3)c2)C1. The fourth-order valence-electron chi connectivity index (χ4n) is 6.11. The quantitative estimate of drug-likeness (QED) is 0.310. The Morgan fingerprint density at radius 3 is 2.66 bits per heavy atom. The molecule has 1 aliphatic carbocycles. The number of benzene rings is 2. The van der Waals surface area contributed by atoms with Crippen LogP contribution in [0.1, 0.15) is 54.8 Å². The standard InChI is InChI=1S/C34H37ClN6O3/c1-34(2,3)44-33(43)40-16-17-41(31-28-12-11-26(35)19-25(28)10-9-24-7-5-13-37-30(24)31)29(21-40)32(42)38-27-8-4-6-23(18-27)20-39-15-14-36-22-39/h4-8,11-15,18-19,22,29,31H,9-10,16-17,20-21H2,1-3H3,(H,38,42)/t29-,31+/m0/s1. The number of nitrogens with zero attached hydrogens (tertiary/aromatic N) is 5. The van der Waals surface area contributed by atoms with E-state index in [1.807, 2.05) is 80.2 Å². The smallest absolute Gasteiger partial charge is 0.410 e. The Kier molecular flexibility index (Phi) is 8.42. The Bertz CT molecular complexity index is 1650. The maximum Gasteiger partial charge on any atom is 0.410 e. The lowest BCUT2D eigenvalue weighted by molar-refractivity contribution is -0.124. The molecule has 0 unspecified atom stereocenters. The molecule has 2 amide bonds. The molecule has 1 N–H and O–H groups in total. The second-order valence-corrected chi connectivity index (χ2v) is 12.8. The predicted molar refractivity (Wildman–Crippen MR) is 170 cm³/mol. The van der Waals surface area contributed by atoms with Crippen molar-refractivity contribution in [3.8, 4) is 0 Å². The molecule has 2 aromatic carbocycles. The number of anilines is 1. The molecule has 0 radical (unpaired) electrons. The van der Waals surface area contributed by atoms with Gasteiger partial charge < -0.3 is 19.5 Å². The van der Waals surface area contributed by atoms with Crippen LogP contribution in [0.25, 0.3) is 0 Å². The van der Waals surface area contributed by atoms with Crippen LogP contribution in [0.3, 0.4) is 0 Å². The summed E-state index contributed by atoms with van der Waals surface area (Å²) in [5.41, 5.74) is 5.37. The number of rotatable bonds is 5. The first-order valence-corrected chi connectivity index (χ1v) is 15.3. The molecule has 6 rings (SSSR count). The highest BCUT2D eigenvalue weighted by Crippen LogP contribution is 2.39. The first-order valence-electron chi connectivity index (χ1n) is 15.0. The van der Waals surface area contributed by atoms with Gasteiger partial charge in [0.25, 0.3) is 0 Å². The first kappa shape index (κ1) is 29.8. The zero-order valence-corrected chi connectivity index (χ0v) is 26.0. The maximum atomic E-state index is 14.3. The van der Waals surface area contributed by atoms with E-state index in [1.165, 1.54) is 0 Å². The number of ether oxygens (including phenoxy) is 1. The zero-order valence-electron chi connectivity index (χ0n) is 25.2. The number of piperazine rings is 1. The summed E-state index contributed by atoms with van der Waals surface area (Å²) >= 11 is 6.45. The van der Waals surface area contributed by atoms with Crippen molar-refractivity contribution in [3.05, 3.63) is 112 Å². The van der Waals surface area contributed by atoms with Crippen molar-refractivity contribution in [1.82, 2.24) is 24.3 Å². The van der Waals surface area contributed by atoms with E-state index in [-0.39, 0.29) is 18.5 Å². The summed E-state index contributed by atoms with van der Waals surface area (Å²) in [4.78, 5) is 40.3. The van der Waals surface area contributed by atoms with Gasteiger partial charge in [0.1, 0.15) is 11.6 Å². The third-order valence-corrected chi connectivity index (χ3v) is 8.31. The number of hydrogen-bond donors (Lipinski definition) is 1. The summed E-state index contributed by atoms with van der Waals surface area (Å²) in [6.07, 6.45) is 8.44. The molecular formula is C34H37ClN6O3. The molecule has 0 saturated carbocycles. The molecule has 0 spiro atoms. The lowest BCUT2D eigenvalue weighted by Gasteiger charge is -2.44. The predicted octanol–water partition coefficient (Wildman–Crippen LogP) is 5.73. The van der Waals surface area contributed by atoms with Gasteiger partial charge in [0.15, 0.2) is 0 Å². The molecule has 2 aliphatic rings. The van der Waals surface area contributed by atoms with Gasteiger partial charge in [0.05, 0.1) is 18.1 Å². The second-order valence-electron chi connectivity index (χ2n) is 12.4. The van der Waals surface area contributed by atoms with E-state index >= 15 is 0 Å². The van der Waals surface area contributed by atoms with E-state index < -0.39 is 17.7 Å². The molecule has 0 bridgehead atoms. The first-order chi connectivity index (χ1) is 21.1. The molecule has 3 heterocycles. The number of hydrogen-bond acceptors (Lipinski definition) is 6. The molecule has 1 saturated heterocycles. The molecule has 44 heavy (non-hydrogen) atoms. The third kappa shape index (κ3) is 6.64. The number of imidazole rings is 1. The minimum absolute atomic E-state index is 0.178. The number of fused-ring (bicyclic) bond motifs is 2. The van der Waals surface area contributed by atoms with E-state index in [9.17, 15) is 9.59 Å². The molecule has 9 nitrogen and oxygen atoms in total. The summed E-state index contributed by atoms with van der Waals surface area (Å²) in [6, 6.07) is 16.9. The molecule has 228 valence electrons. The van der Waals surface area contributed by atoms with E-state index in [0.717, 1.165) is 40.8 Å². The van der Waals surface area contributed by atoms with Crippen LogP contribution in [-0.4, -0.2) is 67.6 Å². The molecule has 1 aliphatic heterocycles. The van der Waals surface area contributed by atoms with Crippen molar-refractivity contribution in [1.29, 1.82) is 0 Å². The van der Waals surface area contributed by atoms with Crippen molar-refractivity contribution >= 4 is 29.3 Å². The van der Waals surface area contributed by atoms with Gasteiger partial charge in [-0.05, 0) is 86.2 Å². The van der Waals surface area contributed by atoms with Crippen LogP contribution < -0.4 is 5.32 Å². The lowest BCUT2D eigenvalue weighted by atomic mass is 9.94. The molecular weight excluding hydrogens is 576 g/mol. The molecule has 1 fully saturated rings. The number of aryl methyl sites for hydroxylation is 2. The van der Waals surface area contributed by atoms with E-state index in [1.54, 1.807) is 17.4 Å². The summed E-state index contributed by atoms with van der Waals surface area (Å²) in [5.74, 6) is -0.199. The average molecular weight is 613 g/mol. The number of amides is 2. The van der Waals surface area contributed by atoms with Crippen molar-refractivity contribution in [3.63, 3.8) is 0 Å². The van der Waals surface area contributed by atoms with Gasteiger partial charge in [-0.15, -0.1) is 0 Å². The number of aromatic nitrogens is 3. The monoisotopic (exact) mass is 612 g/mol. The minimum Gasteiger partial charge on any atom is -0.444 e. The maximum absolute atomic E-state index is 14.3. The van der Waals surface area contributed by atoms with E-state index in [4.69, 9.17) is 21.3 Å². The average Bonchev–Trinajstić information content (AvgIpc) is 3.44. The normalized spacial score (nSPS) is 18.6. The Hall–Kier alpha value is -4.21. The van der Waals surface area contributed by atoms with Gasteiger partial charge in [-0.2, -0.15) is 0 Å². The topological polar surface area (TPSA) is 92.6 Å². The van der Waals surface area contributed by atoms with Crippen LogP contribution in [0, 0.1) is 0 Å². The number of carbonyl (C=O) groups is 2. The van der Waals surface area contributed by atoms with Crippen LogP contribution in [-0.2, 0) is 28.9 Å². The number of carbonyl (C=O) groups excluding carboxylic acids is 2. The Labute approximate surface area is 262 Å². The van der Waals surface area contributed by atoms with Crippen molar-refractivity contribution in [2.45, 2.75) is 57.8 Å². The Morgan fingerprint density at radius 1 is 1.02 bits per heavy atom. The van der Waals surface area contributed by atoms with Crippen molar-refractivity contribution < 1.29 is 14.3 Å². The van der Waals surface area contributed by atoms with E-state index in [0.29, 0.717) is 30.3 Å². The summed E-state index contributed by atoms with van der Waals surface area (Å²) in [6.45, 7) is 7.23. The van der Waals surface area contributed by atoms with Crippen molar-refractivity contribution in [2.24, 2.45) is 0 Å². The third-order valence-electron chi connectivity index (χ3n) is 8.08. The zero-order chi connectivity index (χ0) is 30.8. The molecule has 2 aromatic heterocycles. The van der Waals surface area contributed by atoms with Crippen LogP contribution in [0.4, 0.5) is 10.5 Å². The lowest BCUT2D eigenvalue weighted by Crippen LogP contribution is -2.60. The van der Waals surface area contributed by atoms with E-state index in [2.05, 4.69) is 27.3 Å². The highest BCUT2D eigenvalue weighted by Gasteiger charge is 2.42. The molecule has 2 atom stereocenters. The van der Waals surface area contributed by atoms with Gasteiger partial charge in [0, 0.05) is 55.5 Å². The van der Waals surface area contributed by atoms with Crippen LogP contribution in [0.15, 0.2) is 79.5 Å².